The molecule has 24 heavy (non-hydrogen) atoms. The van der Waals surface area contributed by atoms with Crippen molar-refractivity contribution in [1.82, 2.24) is 24.8 Å². The van der Waals surface area contributed by atoms with Crippen molar-refractivity contribution in [2.24, 2.45) is 0 Å². The molecular weight excluding hydrogens is 308 g/mol. The number of pyridine rings is 1. The number of nitrogens with one attached hydrogen (secondary N) is 1. The molecule has 3 aromatic rings. The fraction of sp³-hybridized carbons (Fsp3) is 0.375. The van der Waals surface area contributed by atoms with Gasteiger partial charge in [-0.2, -0.15) is 4.52 Å². The van der Waals surface area contributed by atoms with Crippen LogP contribution in [-0.4, -0.2) is 44.1 Å². The average Bonchev–Trinajstić information content (AvgIpc) is 3.24. The van der Waals surface area contributed by atoms with Crippen LogP contribution in [0.4, 0.5) is 5.82 Å². The Morgan fingerprint density at radius 2 is 2.29 bits per heavy atom. The van der Waals surface area contributed by atoms with Crippen LogP contribution in [0.1, 0.15) is 17.8 Å². The number of nitrogens with zero attached hydrogens (tertiary/aromatic N) is 5. The van der Waals surface area contributed by atoms with Crippen molar-refractivity contribution in [1.29, 1.82) is 0 Å². The fourth-order valence-electron chi connectivity index (χ4n) is 2.58. The second-order valence-electron chi connectivity index (χ2n) is 5.70. The molecule has 0 aromatic carbocycles. The third-order valence-corrected chi connectivity index (χ3v) is 3.87. The predicted molar refractivity (Wildman–Crippen MR) is 86.9 cm³/mol. The lowest BCUT2D eigenvalue weighted by atomic mass is 10.2. The standard InChI is InChI=1S/C16H18N6O2/c1-11-19-20-15-3-2-14(21-22(11)15)18-9-12-4-6-17-16(8-12)24-13-5-7-23-10-13/h2-4,6,8,13H,5,7,9-10H2,1H3,(H,18,21). The highest BCUT2D eigenvalue weighted by Gasteiger charge is 2.17. The van der Waals surface area contributed by atoms with Gasteiger partial charge in [0.05, 0.1) is 13.2 Å². The first-order valence-electron chi connectivity index (χ1n) is 7.90. The van der Waals surface area contributed by atoms with Gasteiger partial charge in [0.1, 0.15) is 11.9 Å². The van der Waals surface area contributed by atoms with Gasteiger partial charge in [0, 0.05) is 25.2 Å². The van der Waals surface area contributed by atoms with Crippen molar-refractivity contribution in [2.75, 3.05) is 18.5 Å². The highest BCUT2D eigenvalue weighted by molar-refractivity contribution is 5.44. The van der Waals surface area contributed by atoms with Crippen LogP contribution in [0.5, 0.6) is 5.88 Å². The maximum atomic E-state index is 5.83. The minimum atomic E-state index is 0.0986. The zero-order chi connectivity index (χ0) is 16.4. The first-order chi connectivity index (χ1) is 11.8. The Bertz CT molecular complexity index is 843. The van der Waals surface area contributed by atoms with Gasteiger partial charge in [-0.1, -0.05) is 0 Å². The highest BCUT2D eigenvalue weighted by atomic mass is 16.5. The topological polar surface area (TPSA) is 86.5 Å². The third kappa shape index (κ3) is 3.13. The van der Waals surface area contributed by atoms with Crippen molar-refractivity contribution in [2.45, 2.75) is 26.0 Å². The third-order valence-electron chi connectivity index (χ3n) is 3.87. The molecule has 0 saturated carbocycles. The Hall–Kier alpha value is -2.74. The summed E-state index contributed by atoms with van der Waals surface area (Å²) in [5.74, 6) is 2.14. The number of aromatic nitrogens is 5. The Kier molecular flexibility index (Phi) is 3.96. The van der Waals surface area contributed by atoms with Gasteiger partial charge in [-0.05, 0) is 30.7 Å². The Labute approximate surface area is 138 Å². The first kappa shape index (κ1) is 14.8. The van der Waals surface area contributed by atoms with Crippen molar-refractivity contribution in [3.8, 4) is 5.88 Å². The summed E-state index contributed by atoms with van der Waals surface area (Å²) in [6.45, 7) is 3.88. The number of hydrogen-bond donors (Lipinski definition) is 1. The molecule has 1 aliphatic rings. The monoisotopic (exact) mass is 326 g/mol. The van der Waals surface area contributed by atoms with Crippen molar-refractivity contribution >= 4 is 11.5 Å². The van der Waals surface area contributed by atoms with Gasteiger partial charge >= 0.3 is 0 Å². The molecule has 1 unspecified atom stereocenters. The van der Waals surface area contributed by atoms with Crippen LogP contribution in [0.15, 0.2) is 30.5 Å². The van der Waals surface area contributed by atoms with Crippen molar-refractivity contribution in [3.05, 3.63) is 41.9 Å². The summed E-state index contributed by atoms with van der Waals surface area (Å²) < 4.78 is 12.9. The van der Waals surface area contributed by atoms with E-state index in [1.165, 1.54) is 0 Å². The summed E-state index contributed by atoms with van der Waals surface area (Å²) in [4.78, 5) is 4.26. The largest absolute Gasteiger partial charge is 0.472 e. The second kappa shape index (κ2) is 6.40. The van der Waals surface area contributed by atoms with Crippen LogP contribution in [0.3, 0.4) is 0 Å². The summed E-state index contributed by atoms with van der Waals surface area (Å²) in [7, 11) is 0. The van der Waals surface area contributed by atoms with E-state index in [4.69, 9.17) is 9.47 Å². The lowest BCUT2D eigenvalue weighted by Gasteiger charge is -2.12. The van der Waals surface area contributed by atoms with Crippen LogP contribution < -0.4 is 10.1 Å². The summed E-state index contributed by atoms with van der Waals surface area (Å²) in [5, 5.41) is 15.8. The number of fused-ring (bicyclic) bond motifs is 1. The van der Waals surface area contributed by atoms with Gasteiger partial charge in [0.2, 0.25) is 5.88 Å². The summed E-state index contributed by atoms with van der Waals surface area (Å²) in [5.41, 5.74) is 1.80. The lowest BCUT2D eigenvalue weighted by Crippen LogP contribution is -2.16. The quantitative estimate of drug-likeness (QED) is 0.762. The van der Waals surface area contributed by atoms with Crippen LogP contribution >= 0.6 is 0 Å². The van der Waals surface area contributed by atoms with E-state index in [9.17, 15) is 0 Å². The Morgan fingerprint density at radius 1 is 1.33 bits per heavy atom. The number of rotatable bonds is 5. The molecule has 1 aliphatic heterocycles. The minimum Gasteiger partial charge on any atom is -0.472 e. The summed E-state index contributed by atoms with van der Waals surface area (Å²) in [6, 6.07) is 7.66. The number of anilines is 1. The number of hydrogen-bond acceptors (Lipinski definition) is 7. The van der Waals surface area contributed by atoms with E-state index >= 15 is 0 Å². The number of ether oxygens (including phenoxy) is 2. The van der Waals surface area contributed by atoms with E-state index in [-0.39, 0.29) is 6.10 Å². The molecule has 0 bridgehead atoms. The molecule has 1 atom stereocenters. The SMILES string of the molecule is Cc1nnc2ccc(NCc3ccnc(OC4CCOC4)c3)nn12. The molecule has 0 radical (unpaired) electrons. The van der Waals surface area contributed by atoms with Crippen LogP contribution in [-0.2, 0) is 11.3 Å². The molecule has 4 heterocycles. The van der Waals surface area contributed by atoms with Crippen molar-refractivity contribution in [3.63, 3.8) is 0 Å². The second-order valence-corrected chi connectivity index (χ2v) is 5.70. The smallest absolute Gasteiger partial charge is 0.213 e. The van der Waals surface area contributed by atoms with E-state index in [1.54, 1.807) is 10.7 Å². The molecule has 8 heteroatoms. The highest BCUT2D eigenvalue weighted by Crippen LogP contribution is 2.16. The fourth-order valence-corrected chi connectivity index (χ4v) is 2.58. The van der Waals surface area contributed by atoms with Crippen molar-refractivity contribution < 1.29 is 9.47 Å². The summed E-state index contributed by atoms with van der Waals surface area (Å²) in [6.07, 6.45) is 2.76. The average molecular weight is 326 g/mol. The maximum absolute atomic E-state index is 5.83. The zero-order valence-electron chi connectivity index (χ0n) is 13.3. The molecule has 3 aromatic heterocycles. The van der Waals surface area contributed by atoms with Gasteiger partial charge in [0.25, 0.3) is 0 Å². The van der Waals surface area contributed by atoms with Gasteiger partial charge in [-0.3, -0.25) is 0 Å². The molecule has 1 saturated heterocycles. The van der Waals surface area contributed by atoms with E-state index in [2.05, 4.69) is 25.6 Å². The molecule has 8 nitrogen and oxygen atoms in total. The van der Waals surface area contributed by atoms with Crippen LogP contribution in [0.25, 0.3) is 5.65 Å². The summed E-state index contributed by atoms with van der Waals surface area (Å²) >= 11 is 0. The molecule has 0 aliphatic carbocycles. The molecule has 124 valence electrons. The Morgan fingerprint density at radius 3 is 3.17 bits per heavy atom. The molecular formula is C16H18N6O2. The normalized spacial score (nSPS) is 17.3. The van der Waals surface area contributed by atoms with Gasteiger partial charge < -0.3 is 14.8 Å². The van der Waals surface area contributed by atoms with E-state index < -0.39 is 0 Å². The maximum Gasteiger partial charge on any atom is 0.213 e. The Balaban J connectivity index is 1.43. The van der Waals surface area contributed by atoms with Gasteiger partial charge in [-0.25, -0.2) is 4.98 Å². The predicted octanol–water partition coefficient (Wildman–Crippen LogP) is 1.61. The number of aryl methyl sites for hydroxylation is 1. The molecule has 0 amide bonds. The molecule has 4 rings (SSSR count). The molecule has 1 fully saturated rings. The van der Waals surface area contributed by atoms with Crippen LogP contribution in [0, 0.1) is 6.92 Å². The van der Waals surface area contributed by atoms with Gasteiger partial charge in [-0.15, -0.1) is 15.3 Å². The van der Waals surface area contributed by atoms with E-state index in [0.717, 1.165) is 35.9 Å². The molecule has 0 spiro atoms. The zero-order valence-corrected chi connectivity index (χ0v) is 13.3. The minimum absolute atomic E-state index is 0.0986. The van der Waals surface area contributed by atoms with Gasteiger partial charge in [0.15, 0.2) is 11.5 Å². The lowest BCUT2D eigenvalue weighted by molar-refractivity contribution is 0.138. The molecule has 1 N–H and O–H groups in total. The van der Waals surface area contributed by atoms with Crippen LogP contribution in [0.2, 0.25) is 0 Å². The first-order valence-corrected chi connectivity index (χ1v) is 7.90. The van der Waals surface area contributed by atoms with E-state index in [1.807, 2.05) is 31.2 Å². The van der Waals surface area contributed by atoms with E-state index in [0.29, 0.717) is 19.0 Å².